The molecule has 0 unspecified atom stereocenters. The molecular formula is C24H31NO3. The van der Waals surface area contributed by atoms with Crippen molar-refractivity contribution in [1.29, 1.82) is 0 Å². The van der Waals surface area contributed by atoms with Crippen molar-refractivity contribution in [2.75, 3.05) is 0 Å². The number of carboxylic acid groups (broad SMARTS) is 1. The first-order valence-corrected chi connectivity index (χ1v) is 9.74. The minimum absolute atomic E-state index is 0.00915. The van der Waals surface area contributed by atoms with Gasteiger partial charge in [-0.05, 0) is 41.0 Å². The lowest BCUT2D eigenvalue weighted by molar-refractivity contribution is -0.145. The number of hydrogen-bond acceptors (Lipinski definition) is 2. The normalized spacial score (nSPS) is 13.8. The summed E-state index contributed by atoms with van der Waals surface area (Å²) in [6, 6.07) is 16.8. The van der Waals surface area contributed by atoms with Gasteiger partial charge in [-0.25, -0.2) is 4.79 Å². The minimum Gasteiger partial charge on any atom is -0.479 e. The molecule has 0 aliphatic carbocycles. The average molecular weight is 382 g/mol. The first-order valence-electron chi connectivity index (χ1n) is 9.74. The zero-order valence-electron chi connectivity index (χ0n) is 17.5. The molecule has 0 radical (unpaired) electrons. The number of aliphatic carboxylic acids is 1. The van der Waals surface area contributed by atoms with E-state index in [-0.39, 0.29) is 23.7 Å². The van der Waals surface area contributed by atoms with Crippen molar-refractivity contribution in [3.05, 3.63) is 71.3 Å². The molecule has 4 heteroatoms. The van der Waals surface area contributed by atoms with E-state index in [1.54, 1.807) is 12.1 Å². The molecule has 2 aromatic rings. The van der Waals surface area contributed by atoms with Crippen LogP contribution in [0, 0.1) is 5.92 Å². The van der Waals surface area contributed by atoms with E-state index >= 15 is 0 Å². The Labute approximate surface area is 168 Å². The summed E-state index contributed by atoms with van der Waals surface area (Å²) < 4.78 is 0. The van der Waals surface area contributed by atoms with E-state index < -0.39 is 11.5 Å². The molecule has 0 aliphatic heterocycles. The van der Waals surface area contributed by atoms with Crippen molar-refractivity contribution < 1.29 is 14.7 Å². The standard InChI is InChI=1S/C24H31NO3/c1-17(2)15-24(22(27)28,16-18-9-7-6-8-10-18)25-21(26)19-11-13-20(14-12-19)23(3,4)5/h6-14,17H,15-16H2,1-5H3,(H,25,26)(H,27,28)/t24-/m0/s1. The van der Waals surface area contributed by atoms with E-state index in [1.807, 2.05) is 56.3 Å². The number of rotatable bonds is 7. The Morgan fingerprint density at radius 2 is 1.54 bits per heavy atom. The molecule has 2 N–H and O–H groups in total. The van der Waals surface area contributed by atoms with Gasteiger partial charge >= 0.3 is 5.97 Å². The first-order chi connectivity index (χ1) is 13.0. The second kappa shape index (κ2) is 8.59. The van der Waals surface area contributed by atoms with E-state index in [1.165, 1.54) is 0 Å². The molecule has 4 nitrogen and oxygen atoms in total. The summed E-state index contributed by atoms with van der Waals surface area (Å²) in [5.74, 6) is -1.26. The van der Waals surface area contributed by atoms with Gasteiger partial charge in [-0.15, -0.1) is 0 Å². The molecule has 150 valence electrons. The van der Waals surface area contributed by atoms with E-state index in [2.05, 4.69) is 26.1 Å². The summed E-state index contributed by atoms with van der Waals surface area (Å²) in [6.45, 7) is 10.3. The highest BCUT2D eigenvalue weighted by Gasteiger charge is 2.41. The third-order valence-electron chi connectivity index (χ3n) is 4.88. The van der Waals surface area contributed by atoms with Crippen LogP contribution < -0.4 is 5.32 Å². The first kappa shape index (κ1) is 21.7. The van der Waals surface area contributed by atoms with E-state index in [0.717, 1.165) is 11.1 Å². The van der Waals surface area contributed by atoms with Gasteiger partial charge in [0.2, 0.25) is 0 Å². The molecule has 0 saturated heterocycles. The fourth-order valence-corrected chi connectivity index (χ4v) is 3.44. The summed E-state index contributed by atoms with van der Waals surface area (Å²) >= 11 is 0. The van der Waals surface area contributed by atoms with Crippen molar-refractivity contribution in [3.8, 4) is 0 Å². The zero-order chi connectivity index (χ0) is 20.9. The highest BCUT2D eigenvalue weighted by molar-refractivity contribution is 5.98. The predicted molar refractivity (Wildman–Crippen MR) is 113 cm³/mol. The SMILES string of the molecule is CC(C)C[C@@](Cc1ccccc1)(NC(=O)c1ccc(C(C)(C)C)cc1)C(=O)O. The fourth-order valence-electron chi connectivity index (χ4n) is 3.44. The maximum absolute atomic E-state index is 12.9. The molecule has 0 aromatic heterocycles. The Kier molecular flexibility index (Phi) is 6.65. The number of carboxylic acids is 1. The average Bonchev–Trinajstić information content (AvgIpc) is 2.61. The van der Waals surface area contributed by atoms with Gasteiger partial charge in [-0.1, -0.05) is 77.1 Å². The second-order valence-electron chi connectivity index (χ2n) is 8.93. The van der Waals surface area contributed by atoms with Gasteiger partial charge in [-0.3, -0.25) is 4.79 Å². The molecule has 0 bridgehead atoms. The monoisotopic (exact) mass is 381 g/mol. The van der Waals surface area contributed by atoms with Gasteiger partial charge in [0.25, 0.3) is 5.91 Å². The van der Waals surface area contributed by atoms with Crippen molar-refractivity contribution in [1.82, 2.24) is 5.32 Å². The summed E-state index contributed by atoms with van der Waals surface area (Å²) in [4.78, 5) is 25.2. The molecule has 28 heavy (non-hydrogen) atoms. The second-order valence-corrected chi connectivity index (χ2v) is 8.93. The maximum Gasteiger partial charge on any atom is 0.329 e. The predicted octanol–water partition coefficient (Wildman–Crippen LogP) is 4.83. The number of amides is 1. The van der Waals surface area contributed by atoms with Gasteiger partial charge in [0, 0.05) is 12.0 Å². The van der Waals surface area contributed by atoms with Gasteiger partial charge in [0.15, 0.2) is 0 Å². The van der Waals surface area contributed by atoms with Crippen LogP contribution in [-0.2, 0) is 16.6 Å². The van der Waals surface area contributed by atoms with Crippen LogP contribution in [0.3, 0.4) is 0 Å². The highest BCUT2D eigenvalue weighted by Crippen LogP contribution is 2.25. The molecule has 0 saturated carbocycles. The lowest BCUT2D eigenvalue weighted by Crippen LogP contribution is -2.57. The Hall–Kier alpha value is -2.62. The zero-order valence-corrected chi connectivity index (χ0v) is 17.5. The van der Waals surface area contributed by atoms with Crippen LogP contribution >= 0.6 is 0 Å². The number of carbonyl (C=O) groups is 2. The molecule has 0 fully saturated rings. The van der Waals surface area contributed by atoms with Gasteiger partial charge in [-0.2, -0.15) is 0 Å². The molecular weight excluding hydrogens is 350 g/mol. The number of nitrogens with one attached hydrogen (secondary N) is 1. The molecule has 2 aromatic carbocycles. The summed E-state index contributed by atoms with van der Waals surface area (Å²) in [7, 11) is 0. The third kappa shape index (κ3) is 5.44. The fraction of sp³-hybridized carbons (Fsp3) is 0.417. The van der Waals surface area contributed by atoms with Crippen LogP contribution in [-0.4, -0.2) is 22.5 Å². The molecule has 0 aliphatic rings. The Morgan fingerprint density at radius 3 is 2.00 bits per heavy atom. The largest absolute Gasteiger partial charge is 0.479 e. The number of hydrogen-bond donors (Lipinski definition) is 2. The third-order valence-corrected chi connectivity index (χ3v) is 4.88. The van der Waals surface area contributed by atoms with Crippen LogP contribution in [0.5, 0.6) is 0 Å². The van der Waals surface area contributed by atoms with Crippen molar-refractivity contribution in [2.24, 2.45) is 5.92 Å². The van der Waals surface area contributed by atoms with Crippen LogP contribution in [0.1, 0.15) is 62.5 Å². The molecule has 1 atom stereocenters. The van der Waals surface area contributed by atoms with Crippen LogP contribution in [0.15, 0.2) is 54.6 Å². The number of carbonyl (C=O) groups excluding carboxylic acids is 1. The Bertz CT molecular complexity index is 804. The quantitative estimate of drug-likeness (QED) is 0.722. The maximum atomic E-state index is 12.9. The van der Waals surface area contributed by atoms with Crippen LogP contribution in [0.25, 0.3) is 0 Å². The minimum atomic E-state index is -1.35. The molecule has 2 rings (SSSR count). The van der Waals surface area contributed by atoms with E-state index in [4.69, 9.17) is 0 Å². The lowest BCUT2D eigenvalue weighted by atomic mass is 9.82. The van der Waals surface area contributed by atoms with Crippen molar-refractivity contribution in [3.63, 3.8) is 0 Å². The molecule has 0 spiro atoms. The summed E-state index contributed by atoms with van der Waals surface area (Å²) in [5.41, 5.74) is 1.12. The summed E-state index contributed by atoms with van der Waals surface area (Å²) in [6.07, 6.45) is 0.593. The van der Waals surface area contributed by atoms with E-state index in [9.17, 15) is 14.7 Å². The van der Waals surface area contributed by atoms with Crippen LogP contribution in [0.2, 0.25) is 0 Å². The van der Waals surface area contributed by atoms with Crippen molar-refractivity contribution in [2.45, 2.75) is 58.4 Å². The lowest BCUT2D eigenvalue weighted by Gasteiger charge is -2.32. The molecule has 1 amide bonds. The van der Waals surface area contributed by atoms with Gasteiger partial charge in [0.1, 0.15) is 5.54 Å². The van der Waals surface area contributed by atoms with Crippen molar-refractivity contribution >= 4 is 11.9 Å². The topological polar surface area (TPSA) is 66.4 Å². The Morgan fingerprint density at radius 1 is 0.964 bits per heavy atom. The molecule has 0 heterocycles. The Balaban J connectivity index is 2.32. The van der Waals surface area contributed by atoms with Crippen LogP contribution in [0.4, 0.5) is 0 Å². The highest BCUT2D eigenvalue weighted by atomic mass is 16.4. The summed E-state index contributed by atoms with van der Waals surface area (Å²) in [5, 5.41) is 12.9. The smallest absolute Gasteiger partial charge is 0.329 e. The van der Waals surface area contributed by atoms with Gasteiger partial charge in [0.05, 0.1) is 0 Å². The number of benzene rings is 2. The van der Waals surface area contributed by atoms with E-state index in [0.29, 0.717) is 12.0 Å². The van der Waals surface area contributed by atoms with Gasteiger partial charge < -0.3 is 10.4 Å².